The summed E-state index contributed by atoms with van der Waals surface area (Å²) in [7, 11) is 0. The fraction of sp³-hybridized carbons (Fsp3) is 0.600. The van der Waals surface area contributed by atoms with E-state index in [2.05, 4.69) is 15.3 Å². The van der Waals surface area contributed by atoms with Gasteiger partial charge in [0.2, 0.25) is 5.88 Å². The Labute approximate surface area is 133 Å². The molecular formula is C15H21F3N4O. The highest BCUT2D eigenvalue weighted by molar-refractivity contribution is 5.78. The van der Waals surface area contributed by atoms with Gasteiger partial charge in [0.1, 0.15) is 0 Å². The molecule has 0 bridgehead atoms. The van der Waals surface area contributed by atoms with Crippen LogP contribution in [0.1, 0.15) is 37.7 Å². The second-order valence-corrected chi connectivity index (χ2v) is 5.55. The summed E-state index contributed by atoms with van der Waals surface area (Å²) in [5.74, 6) is 0.224. The Balaban J connectivity index is 1.92. The van der Waals surface area contributed by atoms with Gasteiger partial charge < -0.3 is 15.8 Å². The third-order valence-corrected chi connectivity index (χ3v) is 3.60. The molecule has 5 nitrogen and oxygen atoms in total. The highest BCUT2D eigenvalue weighted by atomic mass is 19.4. The fourth-order valence-electron chi connectivity index (χ4n) is 2.50. The number of nitrogens with zero attached hydrogens (tertiary/aromatic N) is 2. The van der Waals surface area contributed by atoms with E-state index in [9.17, 15) is 13.2 Å². The average molecular weight is 330 g/mol. The van der Waals surface area contributed by atoms with Crippen LogP contribution in [0.4, 0.5) is 13.2 Å². The SMILES string of the molecule is NC(=NCc1cccnc1OCC(F)(F)F)NC1CCCCC1. The number of guanidine groups is 1. The molecule has 1 aromatic heterocycles. The number of hydrogen-bond donors (Lipinski definition) is 2. The highest BCUT2D eigenvalue weighted by Gasteiger charge is 2.29. The van der Waals surface area contributed by atoms with Crippen LogP contribution in [0, 0.1) is 0 Å². The lowest BCUT2D eigenvalue weighted by molar-refractivity contribution is -0.154. The largest absolute Gasteiger partial charge is 0.468 e. The number of nitrogens with one attached hydrogen (secondary N) is 1. The van der Waals surface area contributed by atoms with Crippen molar-refractivity contribution in [1.29, 1.82) is 0 Å². The van der Waals surface area contributed by atoms with Crippen LogP contribution in [-0.4, -0.2) is 29.8 Å². The second-order valence-electron chi connectivity index (χ2n) is 5.55. The van der Waals surface area contributed by atoms with Crippen LogP contribution in [-0.2, 0) is 6.54 Å². The number of halogens is 3. The molecule has 1 heterocycles. The van der Waals surface area contributed by atoms with Crippen molar-refractivity contribution in [1.82, 2.24) is 10.3 Å². The van der Waals surface area contributed by atoms with Gasteiger partial charge in [-0.05, 0) is 18.9 Å². The summed E-state index contributed by atoms with van der Waals surface area (Å²) in [5, 5.41) is 3.15. The molecule has 0 aromatic carbocycles. The molecule has 128 valence electrons. The molecule has 1 fully saturated rings. The van der Waals surface area contributed by atoms with Gasteiger partial charge in [0, 0.05) is 17.8 Å². The zero-order chi connectivity index (χ0) is 16.7. The molecule has 0 saturated heterocycles. The molecule has 8 heteroatoms. The number of ether oxygens (including phenoxy) is 1. The molecule has 1 aromatic rings. The highest BCUT2D eigenvalue weighted by Crippen LogP contribution is 2.20. The first-order chi connectivity index (χ1) is 10.9. The Morgan fingerprint density at radius 2 is 2.09 bits per heavy atom. The molecule has 0 radical (unpaired) electrons. The van der Waals surface area contributed by atoms with Crippen LogP contribution in [0.3, 0.4) is 0 Å². The van der Waals surface area contributed by atoms with Crippen LogP contribution in [0.25, 0.3) is 0 Å². The molecule has 0 atom stereocenters. The lowest BCUT2D eigenvalue weighted by Gasteiger charge is -2.23. The Kier molecular flexibility index (Phi) is 6.06. The first-order valence-corrected chi connectivity index (χ1v) is 7.64. The Hall–Kier alpha value is -1.99. The normalized spacial score (nSPS) is 17.1. The van der Waals surface area contributed by atoms with Crippen LogP contribution in [0.2, 0.25) is 0 Å². The van der Waals surface area contributed by atoms with Gasteiger partial charge in [0.15, 0.2) is 12.6 Å². The molecular weight excluding hydrogens is 309 g/mol. The first kappa shape index (κ1) is 17.4. The van der Waals surface area contributed by atoms with Crippen molar-refractivity contribution < 1.29 is 17.9 Å². The van der Waals surface area contributed by atoms with E-state index >= 15 is 0 Å². The Bertz CT molecular complexity index is 528. The number of alkyl halides is 3. The topological polar surface area (TPSA) is 72.5 Å². The van der Waals surface area contributed by atoms with Crippen molar-refractivity contribution in [3.63, 3.8) is 0 Å². The van der Waals surface area contributed by atoms with Gasteiger partial charge >= 0.3 is 6.18 Å². The van der Waals surface area contributed by atoms with Crippen LogP contribution in [0.5, 0.6) is 5.88 Å². The average Bonchev–Trinajstić information content (AvgIpc) is 2.52. The summed E-state index contributed by atoms with van der Waals surface area (Å²) in [5.41, 5.74) is 6.31. The standard InChI is InChI=1S/C15H21F3N4O/c16-15(17,18)10-23-13-11(5-4-8-20-13)9-21-14(19)22-12-6-2-1-3-7-12/h4-5,8,12H,1-3,6-7,9-10H2,(H3,19,21,22). The summed E-state index contributed by atoms with van der Waals surface area (Å²) in [4.78, 5) is 8.00. The number of nitrogens with two attached hydrogens (primary N) is 1. The van der Waals surface area contributed by atoms with Crippen molar-refractivity contribution in [2.24, 2.45) is 10.7 Å². The van der Waals surface area contributed by atoms with E-state index in [0.717, 1.165) is 12.8 Å². The predicted molar refractivity (Wildman–Crippen MR) is 81.1 cm³/mol. The molecule has 0 spiro atoms. The quantitative estimate of drug-likeness (QED) is 0.643. The summed E-state index contributed by atoms with van der Waals surface area (Å²) < 4.78 is 41.4. The first-order valence-electron chi connectivity index (χ1n) is 7.64. The number of rotatable bonds is 5. The third kappa shape index (κ3) is 6.33. The van der Waals surface area contributed by atoms with E-state index < -0.39 is 12.8 Å². The van der Waals surface area contributed by atoms with Crippen LogP contribution in [0.15, 0.2) is 23.3 Å². The maximum atomic E-state index is 12.2. The van der Waals surface area contributed by atoms with E-state index in [-0.39, 0.29) is 12.4 Å². The number of pyridine rings is 1. The number of hydrogen-bond acceptors (Lipinski definition) is 3. The zero-order valence-corrected chi connectivity index (χ0v) is 12.8. The summed E-state index contributed by atoms with van der Waals surface area (Å²) in [6.45, 7) is -1.26. The van der Waals surface area contributed by atoms with Crippen LogP contribution < -0.4 is 15.8 Å². The van der Waals surface area contributed by atoms with Gasteiger partial charge in [0.25, 0.3) is 0 Å². The lowest BCUT2D eigenvalue weighted by Crippen LogP contribution is -2.41. The minimum absolute atomic E-state index is 0.0703. The minimum Gasteiger partial charge on any atom is -0.468 e. The van der Waals surface area contributed by atoms with E-state index in [1.807, 2.05) is 0 Å². The molecule has 3 N–H and O–H groups in total. The Morgan fingerprint density at radius 3 is 2.78 bits per heavy atom. The maximum Gasteiger partial charge on any atom is 0.422 e. The fourth-order valence-corrected chi connectivity index (χ4v) is 2.50. The van der Waals surface area contributed by atoms with Crippen molar-refractivity contribution in [3.8, 4) is 5.88 Å². The van der Waals surface area contributed by atoms with Gasteiger partial charge in [0.05, 0.1) is 6.54 Å². The van der Waals surface area contributed by atoms with Gasteiger partial charge in [-0.3, -0.25) is 0 Å². The minimum atomic E-state index is -4.40. The molecule has 0 aliphatic heterocycles. The summed E-state index contributed by atoms with van der Waals surface area (Å²) in [6, 6.07) is 3.56. The molecule has 1 saturated carbocycles. The van der Waals surface area contributed by atoms with E-state index in [1.165, 1.54) is 25.5 Å². The Morgan fingerprint density at radius 1 is 1.35 bits per heavy atom. The van der Waals surface area contributed by atoms with Crippen LogP contribution >= 0.6 is 0 Å². The summed E-state index contributed by atoms with van der Waals surface area (Å²) in [6.07, 6.45) is 2.67. The van der Waals surface area contributed by atoms with E-state index in [0.29, 0.717) is 17.6 Å². The van der Waals surface area contributed by atoms with E-state index in [1.54, 1.807) is 12.1 Å². The molecule has 0 amide bonds. The molecule has 1 aliphatic carbocycles. The summed E-state index contributed by atoms with van der Waals surface area (Å²) >= 11 is 0. The number of aliphatic imine (C=N–C) groups is 1. The molecule has 23 heavy (non-hydrogen) atoms. The molecule has 0 unspecified atom stereocenters. The monoisotopic (exact) mass is 330 g/mol. The lowest BCUT2D eigenvalue weighted by atomic mass is 9.96. The predicted octanol–water partition coefficient (Wildman–Crippen LogP) is 2.76. The van der Waals surface area contributed by atoms with Crippen molar-refractivity contribution in [3.05, 3.63) is 23.9 Å². The second kappa shape index (κ2) is 8.03. The molecule has 1 aliphatic rings. The van der Waals surface area contributed by atoms with Crippen molar-refractivity contribution in [2.45, 2.75) is 50.9 Å². The van der Waals surface area contributed by atoms with E-state index in [4.69, 9.17) is 10.5 Å². The van der Waals surface area contributed by atoms with Gasteiger partial charge in [-0.1, -0.05) is 25.3 Å². The van der Waals surface area contributed by atoms with Gasteiger partial charge in [-0.25, -0.2) is 9.98 Å². The molecule has 2 rings (SSSR count). The van der Waals surface area contributed by atoms with Crippen molar-refractivity contribution >= 4 is 5.96 Å². The number of aromatic nitrogens is 1. The van der Waals surface area contributed by atoms with Crippen molar-refractivity contribution in [2.75, 3.05) is 6.61 Å². The third-order valence-electron chi connectivity index (χ3n) is 3.60. The zero-order valence-electron chi connectivity index (χ0n) is 12.8. The van der Waals surface area contributed by atoms with Gasteiger partial charge in [-0.2, -0.15) is 13.2 Å². The smallest absolute Gasteiger partial charge is 0.422 e. The maximum absolute atomic E-state index is 12.2. The van der Waals surface area contributed by atoms with Gasteiger partial charge in [-0.15, -0.1) is 0 Å².